The molecule has 0 saturated heterocycles. The Kier molecular flexibility index (Phi) is 5.45. The van der Waals surface area contributed by atoms with Gasteiger partial charge in [0.25, 0.3) is 0 Å². The largest absolute Gasteiger partial charge is 0.328 e. The topological polar surface area (TPSA) is 101 Å². The molecule has 9 heteroatoms. The average molecular weight is 461 g/mol. The molecule has 0 atom stereocenters. The maximum atomic E-state index is 10.7. The molecule has 0 amide bonds. The van der Waals surface area contributed by atoms with E-state index in [9.17, 15) is 14.4 Å². The number of hydrogen-bond donors (Lipinski definition) is 1. The minimum atomic E-state index is -0.333. The summed E-state index contributed by atoms with van der Waals surface area (Å²) in [5.41, 5.74) is 0.118. The summed E-state index contributed by atoms with van der Waals surface area (Å²) in [6.45, 7) is 0. The number of nitrogens with one attached hydrogen (secondary N) is 1. The van der Waals surface area contributed by atoms with Crippen molar-refractivity contribution >= 4 is 35.3 Å². The van der Waals surface area contributed by atoms with Gasteiger partial charge in [0.15, 0.2) is 34.0 Å². The van der Waals surface area contributed by atoms with Crippen LogP contribution in [-0.2, 0) is 34.8 Å². The molecule has 0 bridgehead atoms. The van der Waals surface area contributed by atoms with Crippen molar-refractivity contribution in [3.05, 3.63) is 39.5 Å². The summed E-state index contributed by atoms with van der Waals surface area (Å²) in [7, 11) is 0. The van der Waals surface area contributed by atoms with Crippen LogP contribution in [0, 0.1) is 0 Å². The number of allylic oxidation sites excluding steroid dienone is 1. The Balaban J connectivity index is 0.00000200. The van der Waals surface area contributed by atoms with E-state index in [1.54, 1.807) is 5.94 Å². The summed E-state index contributed by atoms with van der Waals surface area (Å²) in [5, 5.41) is 1.71. The van der Waals surface area contributed by atoms with Crippen LogP contribution in [0.25, 0.3) is 0 Å². The maximum absolute atomic E-state index is 10.7. The molecule has 2 rings (SSSR count). The first-order chi connectivity index (χ1) is 9.19. The van der Waals surface area contributed by atoms with Crippen LogP contribution in [0.5, 0.6) is 0 Å². The van der Waals surface area contributed by atoms with Crippen molar-refractivity contribution in [2.45, 2.75) is 0 Å². The summed E-state index contributed by atoms with van der Waals surface area (Å²) in [6, 6.07) is 0. The van der Waals surface area contributed by atoms with Crippen LogP contribution in [-0.4, -0.2) is 33.6 Å². The quantitative estimate of drug-likeness (QED) is 0.374. The number of nitrogens with zero attached hydrogens (tertiary/aromatic N) is 3. The molecule has 0 aliphatic carbocycles. The van der Waals surface area contributed by atoms with Crippen LogP contribution in [0.15, 0.2) is 23.0 Å². The Morgan fingerprint density at radius 3 is 2.45 bits per heavy atom. The molecule has 0 aromatic carbocycles. The molecule has 1 radical (unpaired) electrons. The van der Waals surface area contributed by atoms with Gasteiger partial charge < -0.3 is 5.32 Å². The second kappa shape index (κ2) is 6.86. The van der Waals surface area contributed by atoms with Crippen molar-refractivity contribution in [1.82, 2.24) is 15.3 Å². The zero-order valence-corrected chi connectivity index (χ0v) is 12.9. The molecule has 0 spiro atoms. The van der Waals surface area contributed by atoms with E-state index < -0.39 is 0 Å². The number of aromatic nitrogens is 2. The predicted octanol–water partition coefficient (Wildman–Crippen LogP) is -2.29. The number of amidine groups is 1. The molecule has 1 aromatic heterocycles. The third-order valence-corrected chi connectivity index (χ3v) is 2.36. The van der Waals surface area contributed by atoms with Crippen molar-refractivity contribution in [2.24, 2.45) is 4.99 Å². The predicted molar refractivity (Wildman–Crippen MR) is 63.9 cm³/mol. The summed E-state index contributed by atoms with van der Waals surface area (Å²) in [6.07, 6.45) is 2.71. The Morgan fingerprint density at radius 1 is 1.10 bits per heavy atom. The molecule has 20 heavy (non-hydrogen) atoms. The van der Waals surface area contributed by atoms with Crippen LogP contribution in [0.2, 0.25) is 5.15 Å². The summed E-state index contributed by atoms with van der Waals surface area (Å²) >= 11 is 5.73. The minimum absolute atomic E-state index is 0. The van der Waals surface area contributed by atoms with Gasteiger partial charge in [0, 0.05) is 26.6 Å². The molecule has 1 N–H and O–H groups in total. The van der Waals surface area contributed by atoms with Gasteiger partial charge in [-0.3, -0.25) is 0 Å². The van der Waals surface area contributed by atoms with Crippen molar-refractivity contribution in [1.29, 1.82) is 0 Å². The summed E-state index contributed by atoms with van der Waals surface area (Å²) < 4.78 is 0. The van der Waals surface area contributed by atoms with Crippen LogP contribution >= 0.6 is 11.6 Å². The van der Waals surface area contributed by atoms with Crippen LogP contribution in [0.3, 0.4) is 0 Å². The van der Waals surface area contributed by atoms with Gasteiger partial charge >= 0.3 is 0 Å². The third kappa shape index (κ3) is 3.05. The second-order valence-electron chi connectivity index (χ2n) is 3.20. The first kappa shape index (κ1) is 15.9. The Hall–Kier alpha value is -2.15. The molecular formula is C11H3ClN4O3Re. The fourth-order valence-corrected chi connectivity index (χ4v) is 1.47. The van der Waals surface area contributed by atoms with E-state index in [1.807, 2.05) is 0 Å². The van der Waals surface area contributed by atoms with E-state index in [2.05, 4.69) is 20.3 Å². The van der Waals surface area contributed by atoms with E-state index in [4.69, 9.17) is 11.6 Å². The Labute approximate surface area is 130 Å². The van der Waals surface area contributed by atoms with Gasteiger partial charge in [0.2, 0.25) is 0 Å². The third-order valence-electron chi connectivity index (χ3n) is 2.08. The number of rotatable bonds is 1. The molecule has 1 aromatic rings. The maximum Gasteiger partial charge on any atom is 0.198 e. The first-order valence-electron chi connectivity index (χ1n) is 4.80. The number of carbonyl (C=O) groups excluding carboxylic acids is 3. The van der Waals surface area contributed by atoms with Crippen LogP contribution in [0.1, 0.15) is 5.82 Å². The van der Waals surface area contributed by atoms with E-state index in [0.29, 0.717) is 0 Å². The van der Waals surface area contributed by atoms with Crippen molar-refractivity contribution < 1.29 is 34.8 Å². The molecule has 7 nitrogen and oxygen atoms in total. The minimum Gasteiger partial charge on any atom is -0.328 e. The zero-order valence-electron chi connectivity index (χ0n) is 9.48. The molecule has 0 unspecified atom stereocenters. The monoisotopic (exact) mass is 461 g/mol. The fraction of sp³-hybridized carbons (Fsp3) is 0. The van der Waals surface area contributed by atoms with Gasteiger partial charge in [0.05, 0.1) is 0 Å². The van der Waals surface area contributed by atoms with E-state index in [-0.39, 0.29) is 53.5 Å². The van der Waals surface area contributed by atoms with Gasteiger partial charge in [-0.15, -0.1) is 0 Å². The smallest absolute Gasteiger partial charge is 0.198 e. The number of halogens is 1. The SMILES string of the molecule is O=C=C1C=CN=C(c2nc(Cl)c(=C=O)c(=C=O)n2)N1.[Re]. The first-order valence-corrected chi connectivity index (χ1v) is 5.18. The van der Waals surface area contributed by atoms with E-state index >= 15 is 0 Å². The number of aliphatic imine (C=N–C) groups is 1. The molecular weight excluding hydrogens is 458 g/mol. The van der Waals surface area contributed by atoms with Crippen molar-refractivity contribution in [3.63, 3.8) is 0 Å². The molecule has 2 heterocycles. The normalized spacial score (nSPS) is 12.2. The fourth-order valence-electron chi connectivity index (χ4n) is 1.26. The molecule has 99 valence electrons. The van der Waals surface area contributed by atoms with Gasteiger partial charge in [-0.25, -0.2) is 29.3 Å². The molecule has 0 fully saturated rings. The van der Waals surface area contributed by atoms with Crippen molar-refractivity contribution in [3.8, 4) is 0 Å². The van der Waals surface area contributed by atoms with E-state index in [1.165, 1.54) is 24.2 Å². The summed E-state index contributed by atoms with van der Waals surface area (Å²) in [5.74, 6) is 4.58. The van der Waals surface area contributed by atoms with Gasteiger partial charge in [-0.05, 0) is 6.08 Å². The molecule has 1 aliphatic rings. The standard InChI is InChI=1S/C11H3ClN4O3.Re/c12-9-7(4-18)8(5-19)15-11(16-9)10-13-2-1-6(3-17)14-10;/h1-2H,(H,13,14);. The van der Waals surface area contributed by atoms with Gasteiger partial charge in [0.1, 0.15) is 16.9 Å². The van der Waals surface area contributed by atoms with Gasteiger partial charge in [-0.1, -0.05) is 11.6 Å². The number of hydrogen-bond acceptors (Lipinski definition) is 7. The average Bonchev–Trinajstić information content (AvgIpc) is 2.46. The molecule has 1 aliphatic heterocycles. The van der Waals surface area contributed by atoms with E-state index in [0.717, 1.165) is 0 Å². The van der Waals surface area contributed by atoms with Crippen molar-refractivity contribution in [2.75, 3.05) is 0 Å². The van der Waals surface area contributed by atoms with Gasteiger partial charge in [-0.2, -0.15) is 0 Å². The Morgan fingerprint density at radius 2 is 1.85 bits per heavy atom. The summed E-state index contributed by atoms with van der Waals surface area (Å²) in [4.78, 5) is 43.3. The van der Waals surface area contributed by atoms with Crippen LogP contribution < -0.4 is 15.9 Å². The molecule has 0 saturated carbocycles. The second-order valence-corrected chi connectivity index (χ2v) is 3.56. The Bertz CT molecular complexity index is 832. The van der Waals surface area contributed by atoms with Crippen LogP contribution in [0.4, 0.5) is 0 Å². The zero-order chi connectivity index (χ0) is 13.8.